The largest absolute Gasteiger partial charge is 0.460 e. The van der Waals surface area contributed by atoms with E-state index in [2.05, 4.69) is 0 Å². The molecular formula is C22H44O6. The van der Waals surface area contributed by atoms with E-state index in [0.29, 0.717) is 0 Å². The Morgan fingerprint density at radius 2 is 1.11 bits per heavy atom. The van der Waals surface area contributed by atoms with Gasteiger partial charge in [-0.25, -0.2) is 9.78 Å². The second kappa shape index (κ2) is 10.9. The molecule has 0 atom stereocenters. The molecule has 0 heterocycles. The first kappa shape index (κ1) is 27.3. The average molecular weight is 405 g/mol. The predicted molar refractivity (Wildman–Crippen MR) is 110 cm³/mol. The van der Waals surface area contributed by atoms with E-state index < -0.39 is 5.79 Å². The molecule has 0 saturated heterocycles. The van der Waals surface area contributed by atoms with E-state index in [1.807, 2.05) is 76.2 Å². The Morgan fingerprint density at radius 1 is 0.714 bits per heavy atom. The van der Waals surface area contributed by atoms with Gasteiger partial charge in [-0.1, -0.05) is 20.3 Å². The normalized spacial score (nSPS) is 17.7. The van der Waals surface area contributed by atoms with Crippen molar-refractivity contribution in [3.05, 3.63) is 0 Å². The van der Waals surface area contributed by atoms with Crippen molar-refractivity contribution in [2.24, 2.45) is 5.92 Å². The lowest BCUT2D eigenvalue weighted by Crippen LogP contribution is -2.42. The van der Waals surface area contributed by atoms with E-state index in [1.54, 1.807) is 0 Å². The van der Waals surface area contributed by atoms with Gasteiger partial charge in [0.25, 0.3) is 0 Å². The van der Waals surface area contributed by atoms with Gasteiger partial charge in [-0.2, -0.15) is 9.78 Å². The third-order valence-corrected chi connectivity index (χ3v) is 3.38. The fraction of sp³-hybridized carbons (Fsp3) is 0.955. The Labute approximate surface area is 172 Å². The average Bonchev–Trinajstić information content (AvgIpc) is 2.50. The van der Waals surface area contributed by atoms with Gasteiger partial charge in [0.15, 0.2) is 0 Å². The van der Waals surface area contributed by atoms with Crippen LogP contribution < -0.4 is 0 Å². The highest BCUT2D eigenvalue weighted by atomic mass is 17.3. The van der Waals surface area contributed by atoms with Crippen LogP contribution in [0.4, 0.5) is 0 Å². The fourth-order valence-electron chi connectivity index (χ4n) is 2.09. The van der Waals surface area contributed by atoms with Gasteiger partial charge in [0, 0.05) is 12.8 Å². The van der Waals surface area contributed by atoms with E-state index in [0.717, 1.165) is 25.7 Å². The van der Waals surface area contributed by atoms with Gasteiger partial charge in [-0.05, 0) is 75.2 Å². The van der Waals surface area contributed by atoms with Crippen molar-refractivity contribution in [3.63, 3.8) is 0 Å². The highest BCUT2D eigenvalue weighted by molar-refractivity contribution is 5.71. The van der Waals surface area contributed by atoms with Gasteiger partial charge in [0.05, 0.1) is 17.1 Å². The minimum absolute atomic E-state index is 0.0285. The molecule has 168 valence electrons. The van der Waals surface area contributed by atoms with Gasteiger partial charge >= 0.3 is 5.97 Å². The molecule has 0 aromatic heterocycles. The third kappa shape index (κ3) is 14.3. The maximum Gasteiger partial charge on any atom is 0.308 e. The smallest absolute Gasteiger partial charge is 0.308 e. The monoisotopic (exact) mass is 404 g/mol. The van der Waals surface area contributed by atoms with Gasteiger partial charge in [0.1, 0.15) is 5.60 Å². The van der Waals surface area contributed by atoms with E-state index in [9.17, 15) is 4.79 Å². The number of hydrogen-bond acceptors (Lipinski definition) is 6. The van der Waals surface area contributed by atoms with Crippen molar-refractivity contribution in [2.75, 3.05) is 0 Å². The van der Waals surface area contributed by atoms with Crippen molar-refractivity contribution in [1.82, 2.24) is 0 Å². The first-order chi connectivity index (χ1) is 12.4. The Hall–Kier alpha value is -0.690. The van der Waals surface area contributed by atoms with Gasteiger partial charge in [-0.3, -0.25) is 4.79 Å². The van der Waals surface area contributed by atoms with Crippen LogP contribution in [0, 0.1) is 5.92 Å². The molecule has 1 rings (SSSR count). The molecule has 1 saturated carbocycles. The highest BCUT2D eigenvalue weighted by Crippen LogP contribution is 2.35. The van der Waals surface area contributed by atoms with Crippen LogP contribution in [0.3, 0.4) is 0 Å². The molecule has 0 unspecified atom stereocenters. The number of ether oxygens (including phenoxy) is 1. The summed E-state index contributed by atoms with van der Waals surface area (Å²) < 4.78 is 5.06. The van der Waals surface area contributed by atoms with Gasteiger partial charge in [-0.15, -0.1) is 0 Å². The predicted octanol–water partition coefficient (Wildman–Crippen LogP) is 6.12. The molecule has 1 fully saturated rings. The number of esters is 1. The quantitative estimate of drug-likeness (QED) is 0.238. The Kier molecular flexibility index (Phi) is 10.6. The standard InChI is InChI=1S/C14H28O4.C8H16O2/c1-12(2,3)15-17-14(10-8-7-9-11-14)18-16-13(4,5)6;1-6(2)7(9)10-8(3,4)5/h7-11H2,1-6H3;6H,1-5H3. The summed E-state index contributed by atoms with van der Waals surface area (Å²) in [7, 11) is 0. The summed E-state index contributed by atoms with van der Waals surface area (Å²) in [4.78, 5) is 33.0. The molecule has 0 aromatic carbocycles. The van der Waals surface area contributed by atoms with Crippen molar-refractivity contribution < 1.29 is 29.1 Å². The maximum atomic E-state index is 10.9. The van der Waals surface area contributed by atoms with Crippen molar-refractivity contribution >= 4 is 5.97 Å². The van der Waals surface area contributed by atoms with Gasteiger partial charge in [0.2, 0.25) is 5.79 Å². The molecule has 0 aromatic rings. The zero-order valence-corrected chi connectivity index (χ0v) is 20.1. The van der Waals surface area contributed by atoms with Crippen molar-refractivity contribution in [1.29, 1.82) is 0 Å². The molecule has 0 radical (unpaired) electrons. The van der Waals surface area contributed by atoms with Crippen LogP contribution in [0.1, 0.15) is 108 Å². The second-order valence-corrected chi connectivity index (χ2v) is 10.7. The van der Waals surface area contributed by atoms with Crippen LogP contribution in [0.25, 0.3) is 0 Å². The Balaban J connectivity index is 0.000000621. The maximum absolute atomic E-state index is 10.9. The fourth-order valence-corrected chi connectivity index (χ4v) is 2.09. The van der Waals surface area contributed by atoms with Gasteiger partial charge < -0.3 is 4.74 Å². The van der Waals surface area contributed by atoms with Crippen LogP contribution in [0.15, 0.2) is 0 Å². The summed E-state index contributed by atoms with van der Waals surface area (Å²) in [5, 5.41) is 0. The van der Waals surface area contributed by atoms with Crippen LogP contribution in [0.2, 0.25) is 0 Å². The second-order valence-electron chi connectivity index (χ2n) is 10.7. The number of carbonyl (C=O) groups excluding carboxylic acids is 1. The molecule has 6 heteroatoms. The first-order valence-electron chi connectivity index (χ1n) is 10.4. The minimum Gasteiger partial charge on any atom is -0.460 e. The summed E-state index contributed by atoms with van der Waals surface area (Å²) in [6.45, 7) is 21.0. The summed E-state index contributed by atoms with van der Waals surface area (Å²) in [5.74, 6) is -0.912. The summed E-state index contributed by atoms with van der Waals surface area (Å²) >= 11 is 0. The van der Waals surface area contributed by atoms with E-state index >= 15 is 0 Å². The summed E-state index contributed by atoms with van der Waals surface area (Å²) in [6.07, 6.45) is 4.96. The van der Waals surface area contributed by atoms with Crippen molar-refractivity contribution in [3.8, 4) is 0 Å². The molecule has 0 amide bonds. The number of hydrogen-bond donors (Lipinski definition) is 0. The number of rotatable bonds is 5. The molecule has 1 aliphatic rings. The lowest BCUT2D eigenvalue weighted by molar-refractivity contribution is -0.545. The summed E-state index contributed by atoms with van der Waals surface area (Å²) in [6, 6.07) is 0. The lowest BCUT2D eigenvalue weighted by Gasteiger charge is -2.37. The first-order valence-corrected chi connectivity index (χ1v) is 10.4. The molecule has 0 N–H and O–H groups in total. The Morgan fingerprint density at radius 3 is 1.36 bits per heavy atom. The zero-order chi connectivity index (χ0) is 22.2. The summed E-state index contributed by atoms with van der Waals surface area (Å²) in [5.41, 5.74) is -1.05. The van der Waals surface area contributed by atoms with Crippen molar-refractivity contribution in [2.45, 2.75) is 131 Å². The van der Waals surface area contributed by atoms with E-state index in [4.69, 9.17) is 24.3 Å². The van der Waals surface area contributed by atoms with Crippen LogP contribution in [-0.2, 0) is 29.1 Å². The third-order valence-electron chi connectivity index (χ3n) is 3.38. The molecule has 0 bridgehead atoms. The topological polar surface area (TPSA) is 63.2 Å². The van der Waals surface area contributed by atoms with Crippen LogP contribution >= 0.6 is 0 Å². The SMILES string of the molecule is CC(C)(C)OOC1(OOC(C)(C)C)CCCCC1.CC(C)C(=O)OC(C)(C)C. The molecule has 28 heavy (non-hydrogen) atoms. The highest BCUT2D eigenvalue weighted by Gasteiger charge is 2.39. The molecule has 0 spiro atoms. The Bertz CT molecular complexity index is 425. The lowest BCUT2D eigenvalue weighted by atomic mass is 9.94. The van der Waals surface area contributed by atoms with Crippen LogP contribution in [-0.4, -0.2) is 28.6 Å². The van der Waals surface area contributed by atoms with E-state index in [-0.39, 0.29) is 28.7 Å². The van der Waals surface area contributed by atoms with Crippen LogP contribution in [0.5, 0.6) is 0 Å². The molecule has 1 aliphatic carbocycles. The molecular weight excluding hydrogens is 360 g/mol. The molecule has 0 aliphatic heterocycles. The van der Waals surface area contributed by atoms with E-state index in [1.165, 1.54) is 6.42 Å². The molecule has 6 nitrogen and oxygen atoms in total. The minimum atomic E-state index is -0.751. The zero-order valence-electron chi connectivity index (χ0n) is 20.1. The number of carbonyl (C=O) groups is 1.